The number of nitrogens with two attached hydrogens (primary N) is 1. The van der Waals surface area contributed by atoms with E-state index in [9.17, 15) is 0 Å². The van der Waals surface area contributed by atoms with Crippen LogP contribution in [0.2, 0.25) is 0 Å². The average Bonchev–Trinajstić information content (AvgIpc) is 2.83. The zero-order valence-corrected chi connectivity index (χ0v) is 12.2. The first-order valence-corrected chi connectivity index (χ1v) is 6.64. The Labute approximate surface area is 119 Å². The maximum Gasteiger partial charge on any atom is 0.163 e. The van der Waals surface area contributed by atoms with Gasteiger partial charge in [-0.15, -0.1) is 6.58 Å². The zero-order valence-electron chi connectivity index (χ0n) is 12.2. The Morgan fingerprint density at radius 3 is 2.55 bits per heavy atom. The smallest absolute Gasteiger partial charge is 0.163 e. The lowest BCUT2D eigenvalue weighted by Crippen LogP contribution is -2.15. The summed E-state index contributed by atoms with van der Waals surface area (Å²) in [6.45, 7) is 6.51. The molecule has 1 heterocycles. The van der Waals surface area contributed by atoms with Crippen molar-refractivity contribution in [2.45, 2.75) is 25.9 Å². The van der Waals surface area contributed by atoms with Gasteiger partial charge in [-0.25, -0.2) is 4.98 Å². The van der Waals surface area contributed by atoms with Crippen LogP contribution in [-0.2, 0) is 6.54 Å². The molecule has 108 valence electrons. The molecule has 0 aliphatic heterocycles. The van der Waals surface area contributed by atoms with Gasteiger partial charge in [-0.1, -0.05) is 13.0 Å². The van der Waals surface area contributed by atoms with Crippen molar-refractivity contribution in [2.75, 3.05) is 14.2 Å². The molecule has 0 saturated heterocycles. The van der Waals surface area contributed by atoms with Crippen LogP contribution < -0.4 is 15.2 Å². The van der Waals surface area contributed by atoms with Gasteiger partial charge in [-0.2, -0.15) is 0 Å². The Hall–Kier alpha value is -2.01. The molecule has 0 aliphatic rings. The first-order chi connectivity index (χ1) is 9.65. The molecule has 20 heavy (non-hydrogen) atoms. The molecule has 0 fully saturated rings. The number of fused-ring (bicyclic) bond motifs is 1. The number of imidazole rings is 1. The number of rotatable bonds is 6. The molecule has 0 aliphatic carbocycles. The fraction of sp³-hybridized carbons (Fsp3) is 0.400. The number of benzene rings is 1. The summed E-state index contributed by atoms with van der Waals surface area (Å²) in [4.78, 5) is 4.64. The third-order valence-corrected chi connectivity index (χ3v) is 3.37. The summed E-state index contributed by atoms with van der Waals surface area (Å²) < 4.78 is 12.7. The lowest BCUT2D eigenvalue weighted by Gasteiger charge is -2.12. The average molecular weight is 275 g/mol. The van der Waals surface area contributed by atoms with Gasteiger partial charge in [0.15, 0.2) is 11.5 Å². The summed E-state index contributed by atoms with van der Waals surface area (Å²) in [7, 11) is 3.24. The van der Waals surface area contributed by atoms with Crippen molar-refractivity contribution in [3.05, 3.63) is 30.6 Å². The first kappa shape index (κ1) is 14.4. The molecule has 0 amide bonds. The molecule has 1 aromatic carbocycles. The second-order valence-corrected chi connectivity index (χ2v) is 4.58. The Morgan fingerprint density at radius 2 is 2.00 bits per heavy atom. The van der Waals surface area contributed by atoms with E-state index in [4.69, 9.17) is 15.2 Å². The molecule has 0 spiro atoms. The molecule has 1 aromatic heterocycles. The van der Waals surface area contributed by atoms with Crippen molar-refractivity contribution in [3.8, 4) is 11.5 Å². The Balaban J connectivity index is 2.70. The van der Waals surface area contributed by atoms with E-state index in [1.54, 1.807) is 14.2 Å². The highest BCUT2D eigenvalue weighted by Crippen LogP contribution is 2.33. The van der Waals surface area contributed by atoms with E-state index in [-0.39, 0.29) is 6.04 Å². The van der Waals surface area contributed by atoms with Crippen LogP contribution in [0.15, 0.2) is 24.8 Å². The maximum absolute atomic E-state index is 6.15. The molecule has 2 aromatic rings. The number of ether oxygens (including phenoxy) is 2. The molecular weight excluding hydrogens is 254 g/mol. The van der Waals surface area contributed by atoms with Crippen molar-refractivity contribution in [3.63, 3.8) is 0 Å². The molecule has 2 N–H and O–H groups in total. The van der Waals surface area contributed by atoms with Crippen LogP contribution in [0.25, 0.3) is 11.0 Å². The minimum absolute atomic E-state index is 0.0978. The fourth-order valence-corrected chi connectivity index (χ4v) is 2.26. The van der Waals surface area contributed by atoms with Gasteiger partial charge in [0.25, 0.3) is 0 Å². The van der Waals surface area contributed by atoms with Crippen LogP contribution in [0.5, 0.6) is 11.5 Å². The summed E-state index contributed by atoms with van der Waals surface area (Å²) in [5.41, 5.74) is 7.97. The number of nitrogens with zero attached hydrogens (tertiary/aromatic N) is 2. The van der Waals surface area contributed by atoms with Gasteiger partial charge in [0, 0.05) is 18.7 Å². The Bertz CT molecular complexity index is 619. The third kappa shape index (κ3) is 2.36. The first-order valence-electron chi connectivity index (χ1n) is 6.64. The second kappa shape index (κ2) is 5.96. The highest BCUT2D eigenvalue weighted by atomic mass is 16.5. The van der Waals surface area contributed by atoms with Crippen LogP contribution in [-0.4, -0.2) is 23.8 Å². The molecule has 1 unspecified atom stereocenters. The van der Waals surface area contributed by atoms with Gasteiger partial charge >= 0.3 is 0 Å². The number of hydrogen-bond donors (Lipinski definition) is 1. The minimum Gasteiger partial charge on any atom is -0.493 e. The predicted molar refractivity (Wildman–Crippen MR) is 80.3 cm³/mol. The van der Waals surface area contributed by atoms with Crippen LogP contribution in [0, 0.1) is 0 Å². The predicted octanol–water partition coefficient (Wildman–Crippen LogP) is 2.65. The minimum atomic E-state index is -0.0978. The van der Waals surface area contributed by atoms with Crippen LogP contribution >= 0.6 is 0 Å². The monoisotopic (exact) mass is 275 g/mol. The molecule has 0 bridgehead atoms. The van der Waals surface area contributed by atoms with Crippen molar-refractivity contribution < 1.29 is 9.47 Å². The lowest BCUT2D eigenvalue weighted by atomic mass is 10.2. The van der Waals surface area contributed by atoms with Gasteiger partial charge in [0.05, 0.1) is 31.3 Å². The van der Waals surface area contributed by atoms with Crippen molar-refractivity contribution in [1.82, 2.24) is 9.55 Å². The largest absolute Gasteiger partial charge is 0.493 e. The summed E-state index contributed by atoms with van der Waals surface area (Å²) in [6, 6.07) is 3.70. The summed E-state index contributed by atoms with van der Waals surface area (Å²) in [5, 5.41) is 0. The molecule has 5 heteroatoms. The van der Waals surface area contributed by atoms with Crippen molar-refractivity contribution in [1.29, 1.82) is 0 Å². The van der Waals surface area contributed by atoms with Gasteiger partial charge in [0.1, 0.15) is 5.82 Å². The molecule has 1 atom stereocenters. The fourth-order valence-electron chi connectivity index (χ4n) is 2.26. The summed E-state index contributed by atoms with van der Waals surface area (Å²) in [6.07, 6.45) is 2.67. The van der Waals surface area contributed by atoms with Crippen LogP contribution in [0.4, 0.5) is 0 Å². The third-order valence-electron chi connectivity index (χ3n) is 3.37. The number of hydrogen-bond acceptors (Lipinski definition) is 4. The van der Waals surface area contributed by atoms with Gasteiger partial charge in [0.2, 0.25) is 0 Å². The Kier molecular flexibility index (Phi) is 4.29. The SMILES string of the molecule is C=CCn1c(C(N)CC)nc2cc(OC)c(OC)cc21. The van der Waals surface area contributed by atoms with Crippen molar-refractivity contribution >= 4 is 11.0 Å². The second-order valence-electron chi connectivity index (χ2n) is 4.58. The standard InChI is InChI=1S/C15H21N3O2/c1-5-7-18-12-9-14(20-4)13(19-3)8-11(12)17-15(18)10(16)6-2/h5,8-10H,1,6-7,16H2,2-4H3. The van der Waals surface area contributed by atoms with Crippen LogP contribution in [0.1, 0.15) is 25.2 Å². The van der Waals surface area contributed by atoms with E-state index in [0.29, 0.717) is 18.0 Å². The zero-order chi connectivity index (χ0) is 14.7. The highest BCUT2D eigenvalue weighted by Gasteiger charge is 2.17. The van der Waals surface area contributed by atoms with Gasteiger partial charge in [-0.05, 0) is 6.42 Å². The van der Waals surface area contributed by atoms with Crippen LogP contribution in [0.3, 0.4) is 0 Å². The van der Waals surface area contributed by atoms with Crippen molar-refractivity contribution in [2.24, 2.45) is 5.73 Å². The lowest BCUT2D eigenvalue weighted by molar-refractivity contribution is 0.355. The van der Waals surface area contributed by atoms with Gasteiger partial charge < -0.3 is 19.8 Å². The Morgan fingerprint density at radius 1 is 1.35 bits per heavy atom. The number of aromatic nitrogens is 2. The molecular formula is C15H21N3O2. The van der Waals surface area contributed by atoms with E-state index in [1.165, 1.54) is 0 Å². The molecule has 0 radical (unpaired) electrons. The maximum atomic E-state index is 6.15. The van der Waals surface area contributed by atoms with E-state index < -0.39 is 0 Å². The molecule has 0 saturated carbocycles. The number of methoxy groups -OCH3 is 2. The molecule has 5 nitrogen and oxygen atoms in total. The summed E-state index contributed by atoms with van der Waals surface area (Å²) >= 11 is 0. The van der Waals surface area contributed by atoms with E-state index >= 15 is 0 Å². The molecule has 2 rings (SSSR count). The quantitative estimate of drug-likeness (QED) is 0.823. The normalized spacial score (nSPS) is 12.4. The van der Waals surface area contributed by atoms with Gasteiger partial charge in [-0.3, -0.25) is 0 Å². The summed E-state index contributed by atoms with van der Waals surface area (Å²) in [5.74, 6) is 2.21. The van der Waals surface area contributed by atoms with E-state index in [0.717, 1.165) is 23.3 Å². The highest BCUT2D eigenvalue weighted by molar-refractivity contribution is 5.81. The number of allylic oxidation sites excluding steroid dienone is 1. The topological polar surface area (TPSA) is 62.3 Å². The van der Waals surface area contributed by atoms with E-state index in [1.807, 2.05) is 25.1 Å². The van der Waals surface area contributed by atoms with E-state index in [2.05, 4.69) is 16.1 Å².